The van der Waals surface area contributed by atoms with Crippen molar-refractivity contribution in [3.63, 3.8) is 0 Å². The van der Waals surface area contributed by atoms with Gasteiger partial charge in [-0.2, -0.15) is 9.97 Å². The van der Waals surface area contributed by atoms with Crippen molar-refractivity contribution < 1.29 is 18.9 Å². The van der Waals surface area contributed by atoms with E-state index in [9.17, 15) is 0 Å². The number of hydrogen-bond acceptors (Lipinski definition) is 7. The Kier molecular flexibility index (Phi) is 3.63. The molecule has 0 aliphatic carbocycles. The fourth-order valence-electron chi connectivity index (χ4n) is 1.81. The van der Waals surface area contributed by atoms with E-state index in [0.717, 1.165) is 6.42 Å². The summed E-state index contributed by atoms with van der Waals surface area (Å²) >= 11 is 0. The summed E-state index contributed by atoms with van der Waals surface area (Å²) in [4.78, 5) is 8.02. The van der Waals surface area contributed by atoms with E-state index in [1.165, 1.54) is 6.33 Å². The molecule has 110 valence electrons. The number of anilines is 1. The molecule has 1 aromatic heterocycles. The summed E-state index contributed by atoms with van der Waals surface area (Å²) in [5.41, 5.74) is 6.22. The van der Waals surface area contributed by atoms with Gasteiger partial charge >= 0.3 is 0 Å². The van der Waals surface area contributed by atoms with Crippen molar-refractivity contribution in [1.29, 1.82) is 0 Å². The van der Waals surface area contributed by atoms with Gasteiger partial charge in [-0.3, -0.25) is 0 Å². The van der Waals surface area contributed by atoms with Gasteiger partial charge in [0, 0.05) is 6.07 Å². The van der Waals surface area contributed by atoms with Crippen LogP contribution in [0.25, 0.3) is 0 Å². The van der Waals surface area contributed by atoms with Crippen LogP contribution in [0, 0.1) is 0 Å². The van der Waals surface area contributed by atoms with E-state index in [1.807, 2.05) is 6.92 Å². The molecule has 21 heavy (non-hydrogen) atoms. The molecule has 1 aliphatic rings. The highest BCUT2D eigenvalue weighted by atomic mass is 16.7. The summed E-state index contributed by atoms with van der Waals surface area (Å²) in [5, 5.41) is 0. The number of nitrogens with two attached hydrogens (primary N) is 1. The van der Waals surface area contributed by atoms with Crippen molar-refractivity contribution in [2.24, 2.45) is 0 Å². The van der Waals surface area contributed by atoms with Crippen LogP contribution in [0.1, 0.15) is 13.3 Å². The first-order chi connectivity index (χ1) is 10.3. The summed E-state index contributed by atoms with van der Waals surface area (Å²) in [6, 6.07) is 5.24. The largest absolute Gasteiger partial charge is 0.476 e. The van der Waals surface area contributed by atoms with Crippen LogP contribution >= 0.6 is 0 Å². The van der Waals surface area contributed by atoms with E-state index in [0.29, 0.717) is 29.7 Å². The molecule has 0 saturated heterocycles. The third-order valence-electron chi connectivity index (χ3n) is 2.81. The molecule has 2 aromatic rings. The van der Waals surface area contributed by atoms with Crippen molar-refractivity contribution in [3.05, 3.63) is 24.5 Å². The number of fused-ring (bicyclic) bond motifs is 1. The number of ether oxygens (including phenoxy) is 4. The average molecular weight is 289 g/mol. The molecule has 3 rings (SSSR count). The SMILES string of the molecule is CCCOc1ncnc(Oc2ccc3c(c2)OCO3)c1N. The van der Waals surface area contributed by atoms with E-state index >= 15 is 0 Å². The first-order valence-electron chi connectivity index (χ1n) is 6.58. The van der Waals surface area contributed by atoms with Crippen molar-refractivity contribution in [3.8, 4) is 29.0 Å². The van der Waals surface area contributed by atoms with Crippen molar-refractivity contribution in [2.45, 2.75) is 13.3 Å². The second kappa shape index (κ2) is 5.74. The Morgan fingerprint density at radius 2 is 2.00 bits per heavy atom. The summed E-state index contributed by atoms with van der Waals surface area (Å²) in [6.45, 7) is 2.75. The Hall–Kier alpha value is -2.70. The van der Waals surface area contributed by atoms with Crippen LogP contribution in [-0.2, 0) is 0 Å². The van der Waals surface area contributed by atoms with Gasteiger partial charge in [0.25, 0.3) is 0 Å². The monoisotopic (exact) mass is 289 g/mol. The predicted molar refractivity (Wildman–Crippen MR) is 74.9 cm³/mol. The summed E-state index contributed by atoms with van der Waals surface area (Å²) in [5.74, 6) is 2.43. The maximum absolute atomic E-state index is 5.95. The summed E-state index contributed by atoms with van der Waals surface area (Å²) < 4.78 is 21.6. The molecule has 0 unspecified atom stereocenters. The number of nitrogens with zero attached hydrogens (tertiary/aromatic N) is 2. The van der Waals surface area contributed by atoms with Crippen molar-refractivity contribution in [1.82, 2.24) is 9.97 Å². The third-order valence-corrected chi connectivity index (χ3v) is 2.81. The minimum absolute atomic E-state index is 0.212. The van der Waals surface area contributed by atoms with Crippen LogP contribution in [0.3, 0.4) is 0 Å². The molecule has 1 aliphatic heterocycles. The highest BCUT2D eigenvalue weighted by Crippen LogP contribution is 2.37. The zero-order chi connectivity index (χ0) is 14.7. The Balaban J connectivity index is 1.81. The number of rotatable bonds is 5. The molecule has 0 atom stereocenters. The maximum atomic E-state index is 5.95. The van der Waals surface area contributed by atoms with E-state index in [2.05, 4.69) is 9.97 Å². The zero-order valence-electron chi connectivity index (χ0n) is 11.5. The van der Waals surface area contributed by atoms with Gasteiger partial charge in [0.15, 0.2) is 17.2 Å². The highest BCUT2D eigenvalue weighted by molar-refractivity contribution is 5.57. The van der Waals surface area contributed by atoms with Crippen molar-refractivity contribution >= 4 is 5.69 Å². The highest BCUT2D eigenvalue weighted by Gasteiger charge is 2.16. The van der Waals surface area contributed by atoms with Gasteiger partial charge in [-0.25, -0.2) is 0 Å². The minimum Gasteiger partial charge on any atom is -0.476 e. The molecule has 2 heterocycles. The fraction of sp³-hybridized carbons (Fsp3) is 0.286. The lowest BCUT2D eigenvalue weighted by Gasteiger charge is -2.10. The molecule has 2 N–H and O–H groups in total. The van der Waals surface area contributed by atoms with E-state index in [1.54, 1.807) is 18.2 Å². The van der Waals surface area contributed by atoms with Gasteiger partial charge in [-0.15, -0.1) is 0 Å². The molecule has 0 saturated carbocycles. The molecule has 0 radical (unpaired) electrons. The van der Waals surface area contributed by atoms with Gasteiger partial charge in [0.2, 0.25) is 18.6 Å². The van der Waals surface area contributed by atoms with E-state index in [-0.39, 0.29) is 18.4 Å². The molecule has 0 spiro atoms. The minimum atomic E-state index is 0.212. The van der Waals surface area contributed by atoms with Gasteiger partial charge in [0.05, 0.1) is 6.61 Å². The van der Waals surface area contributed by atoms with Crippen LogP contribution in [0.5, 0.6) is 29.0 Å². The van der Waals surface area contributed by atoms with Crippen LogP contribution in [0.2, 0.25) is 0 Å². The molecule has 1 aromatic carbocycles. The molecular formula is C14H15N3O4. The predicted octanol–water partition coefficient (Wildman–Crippen LogP) is 2.37. The molecule has 0 amide bonds. The number of aromatic nitrogens is 2. The van der Waals surface area contributed by atoms with Crippen LogP contribution in [0.15, 0.2) is 24.5 Å². The van der Waals surface area contributed by atoms with Gasteiger partial charge in [-0.1, -0.05) is 6.92 Å². The molecule has 7 nitrogen and oxygen atoms in total. The molecular weight excluding hydrogens is 274 g/mol. The summed E-state index contributed by atoms with van der Waals surface area (Å²) in [6.07, 6.45) is 2.21. The van der Waals surface area contributed by atoms with Crippen molar-refractivity contribution in [2.75, 3.05) is 19.1 Å². The number of nitrogen functional groups attached to an aromatic ring is 1. The number of hydrogen-bond donors (Lipinski definition) is 1. The smallest absolute Gasteiger partial charge is 0.249 e. The third kappa shape index (κ3) is 2.76. The van der Waals surface area contributed by atoms with Gasteiger partial charge in [0.1, 0.15) is 12.1 Å². The Labute approximate surface area is 121 Å². The van der Waals surface area contributed by atoms with E-state index < -0.39 is 0 Å². The fourth-order valence-corrected chi connectivity index (χ4v) is 1.81. The van der Waals surface area contributed by atoms with E-state index in [4.69, 9.17) is 24.7 Å². The van der Waals surface area contributed by atoms with Crippen LogP contribution < -0.4 is 24.7 Å². The van der Waals surface area contributed by atoms with Crippen LogP contribution in [0.4, 0.5) is 5.69 Å². The second-order valence-electron chi connectivity index (χ2n) is 4.36. The first-order valence-corrected chi connectivity index (χ1v) is 6.58. The maximum Gasteiger partial charge on any atom is 0.249 e. The van der Waals surface area contributed by atoms with Gasteiger partial charge < -0.3 is 24.7 Å². The molecule has 0 bridgehead atoms. The lowest BCUT2D eigenvalue weighted by atomic mass is 10.3. The summed E-state index contributed by atoms with van der Waals surface area (Å²) in [7, 11) is 0. The number of benzene rings is 1. The van der Waals surface area contributed by atoms with Gasteiger partial charge in [-0.05, 0) is 18.6 Å². The Morgan fingerprint density at radius 1 is 1.19 bits per heavy atom. The molecule has 7 heteroatoms. The lowest BCUT2D eigenvalue weighted by molar-refractivity contribution is 0.174. The Morgan fingerprint density at radius 3 is 2.86 bits per heavy atom. The zero-order valence-corrected chi connectivity index (χ0v) is 11.5. The average Bonchev–Trinajstić information content (AvgIpc) is 2.96. The quantitative estimate of drug-likeness (QED) is 0.903. The molecule has 0 fully saturated rings. The second-order valence-corrected chi connectivity index (χ2v) is 4.36. The Bertz CT molecular complexity index is 648. The first kappa shape index (κ1) is 13.3. The normalized spacial score (nSPS) is 12.2. The lowest BCUT2D eigenvalue weighted by Crippen LogP contribution is -2.04. The standard InChI is InChI=1S/C14H15N3O4/c1-2-5-18-13-12(15)14(17-7-16-13)21-9-3-4-10-11(6-9)20-8-19-10/h3-4,6-7H,2,5,8,15H2,1H3. The van der Waals surface area contributed by atoms with Crippen LogP contribution in [-0.4, -0.2) is 23.4 Å². The topological polar surface area (TPSA) is 88.7 Å².